The molecule has 0 aromatic carbocycles. The van der Waals surface area contributed by atoms with Gasteiger partial charge in [0.1, 0.15) is 8.78 Å². The molecule has 0 spiro atoms. The summed E-state index contributed by atoms with van der Waals surface area (Å²) in [5.41, 5.74) is 0. The molecule has 7 heteroatoms. The number of thioether (sulfide) groups is 1. The first-order chi connectivity index (χ1) is 7.07. The highest BCUT2D eigenvalue weighted by Gasteiger charge is 2.14. The summed E-state index contributed by atoms with van der Waals surface area (Å²) in [5.74, 6) is 0.308. The summed E-state index contributed by atoms with van der Waals surface area (Å²) >= 11 is 6.29. The summed E-state index contributed by atoms with van der Waals surface area (Å²) in [6.45, 7) is 3.81. The minimum absolute atomic E-state index is 0.453. The van der Waals surface area contributed by atoms with Gasteiger partial charge in [0.2, 0.25) is 0 Å². The van der Waals surface area contributed by atoms with Crippen molar-refractivity contribution in [3.05, 3.63) is 0 Å². The van der Waals surface area contributed by atoms with Crippen LogP contribution in [0.25, 0.3) is 0 Å². The second-order valence-electron chi connectivity index (χ2n) is 2.68. The smallest absolute Gasteiger partial charge is 0.316 e. The minimum atomic E-state index is -0.813. The van der Waals surface area contributed by atoms with Crippen LogP contribution in [0.1, 0.15) is 26.7 Å². The topological polar surface area (TPSA) is 37.3 Å². The molecule has 1 N–H and O–H groups in total. The van der Waals surface area contributed by atoms with Crippen molar-refractivity contribution in [2.45, 2.75) is 31.9 Å². The summed E-state index contributed by atoms with van der Waals surface area (Å²) in [7, 11) is 4.89. The maximum atomic E-state index is 10.5. The Kier molecular flexibility index (Phi) is 10.8. The fourth-order valence-corrected chi connectivity index (χ4v) is 6.76. The van der Waals surface area contributed by atoms with Crippen molar-refractivity contribution in [2.24, 2.45) is 0 Å². The van der Waals surface area contributed by atoms with Gasteiger partial charge in [0, 0.05) is 5.75 Å². The molecule has 15 heavy (non-hydrogen) atoms. The Morgan fingerprint density at radius 2 is 2.20 bits per heavy atom. The van der Waals surface area contributed by atoms with Gasteiger partial charge in [0.25, 0.3) is 0 Å². The number of carboxylic acid groups (broad SMARTS) is 1. The largest absolute Gasteiger partial charge is 0.480 e. The SMILES string of the molecule is CCCCSSSC(=S)SC(C)C(=O)O. The third-order valence-electron chi connectivity index (χ3n) is 1.35. The lowest BCUT2D eigenvalue weighted by Gasteiger charge is -2.05. The quantitative estimate of drug-likeness (QED) is 0.427. The second kappa shape index (κ2) is 10.1. The van der Waals surface area contributed by atoms with Crippen molar-refractivity contribution in [3.63, 3.8) is 0 Å². The number of hydrogen-bond donors (Lipinski definition) is 1. The predicted molar refractivity (Wildman–Crippen MR) is 79.8 cm³/mol. The third kappa shape index (κ3) is 9.86. The van der Waals surface area contributed by atoms with Crippen molar-refractivity contribution in [1.29, 1.82) is 0 Å². The molecule has 0 radical (unpaired) electrons. The minimum Gasteiger partial charge on any atom is -0.480 e. The number of carbonyl (C=O) groups is 1. The maximum Gasteiger partial charge on any atom is 0.316 e. The first-order valence-electron chi connectivity index (χ1n) is 4.47. The molecule has 0 bridgehead atoms. The van der Waals surface area contributed by atoms with Gasteiger partial charge in [0.05, 0.1) is 0 Å². The van der Waals surface area contributed by atoms with Gasteiger partial charge in [-0.1, -0.05) is 48.1 Å². The molecular weight excluding hydrogens is 288 g/mol. The average Bonchev–Trinajstić information content (AvgIpc) is 2.17. The molecule has 0 aliphatic heterocycles. The molecule has 0 aromatic heterocycles. The first kappa shape index (κ1) is 16.0. The van der Waals surface area contributed by atoms with Crippen molar-refractivity contribution < 1.29 is 9.90 Å². The summed E-state index contributed by atoms with van der Waals surface area (Å²) in [5, 5.41) is 8.22. The van der Waals surface area contributed by atoms with Crippen LogP contribution in [0.15, 0.2) is 0 Å². The average molecular weight is 303 g/mol. The standard InChI is InChI=1S/C8H14O2S5/c1-3-4-5-12-15-14-8(11)13-6(2)7(9)10/h6H,3-5H2,1-2H3,(H,9,10). The van der Waals surface area contributed by atoms with Gasteiger partial charge in [-0.15, -0.1) is 0 Å². The molecule has 0 aliphatic rings. The van der Waals surface area contributed by atoms with E-state index in [-0.39, 0.29) is 0 Å². The predicted octanol–water partition coefficient (Wildman–Crippen LogP) is 4.31. The van der Waals surface area contributed by atoms with Crippen LogP contribution >= 0.6 is 55.4 Å². The van der Waals surface area contributed by atoms with E-state index in [4.69, 9.17) is 17.3 Å². The molecule has 88 valence electrons. The van der Waals surface area contributed by atoms with Gasteiger partial charge in [-0.2, -0.15) is 0 Å². The van der Waals surface area contributed by atoms with Crippen LogP contribution in [-0.4, -0.2) is 25.6 Å². The van der Waals surface area contributed by atoms with E-state index in [0.29, 0.717) is 3.53 Å². The Labute approximate surface area is 112 Å². The molecule has 0 aliphatic carbocycles. The van der Waals surface area contributed by atoms with Gasteiger partial charge in [-0.3, -0.25) is 4.79 Å². The van der Waals surface area contributed by atoms with Gasteiger partial charge < -0.3 is 5.11 Å². The number of rotatable bonds is 7. The molecule has 0 saturated carbocycles. The van der Waals surface area contributed by atoms with E-state index in [1.807, 2.05) is 0 Å². The second-order valence-corrected chi connectivity index (χ2v) is 9.40. The molecule has 0 aromatic rings. The van der Waals surface area contributed by atoms with Crippen LogP contribution in [0.2, 0.25) is 0 Å². The van der Waals surface area contributed by atoms with Gasteiger partial charge >= 0.3 is 5.97 Å². The van der Waals surface area contributed by atoms with Crippen molar-refractivity contribution >= 4 is 64.9 Å². The third-order valence-corrected chi connectivity index (χ3v) is 7.54. The Bertz CT molecular complexity index is 209. The van der Waals surface area contributed by atoms with E-state index in [9.17, 15) is 4.79 Å². The number of unbranched alkanes of at least 4 members (excludes halogenated alkanes) is 1. The van der Waals surface area contributed by atoms with Crippen LogP contribution in [0, 0.1) is 0 Å². The van der Waals surface area contributed by atoms with E-state index < -0.39 is 11.2 Å². The Hall–Kier alpha value is 0.960. The lowest BCUT2D eigenvalue weighted by molar-refractivity contribution is -0.136. The first-order valence-corrected chi connectivity index (χ1v) is 9.41. The zero-order chi connectivity index (χ0) is 11.7. The molecule has 1 unspecified atom stereocenters. The summed E-state index contributed by atoms with van der Waals surface area (Å²) in [6.07, 6.45) is 2.41. The molecule has 2 nitrogen and oxygen atoms in total. The lowest BCUT2D eigenvalue weighted by Crippen LogP contribution is -2.12. The Morgan fingerprint density at radius 3 is 2.73 bits per heavy atom. The lowest BCUT2D eigenvalue weighted by atomic mass is 10.4. The molecular formula is C8H14O2S5. The maximum absolute atomic E-state index is 10.5. The molecule has 0 saturated heterocycles. The summed E-state index contributed by atoms with van der Waals surface area (Å²) < 4.78 is 0.693. The monoisotopic (exact) mass is 302 g/mol. The summed E-state index contributed by atoms with van der Waals surface area (Å²) in [4.78, 5) is 10.5. The van der Waals surface area contributed by atoms with Crippen molar-refractivity contribution in [1.82, 2.24) is 0 Å². The van der Waals surface area contributed by atoms with Crippen LogP contribution in [0.3, 0.4) is 0 Å². The zero-order valence-electron chi connectivity index (χ0n) is 8.60. The molecule has 0 rings (SSSR count). The highest BCUT2D eigenvalue weighted by atomic mass is 33.5. The van der Waals surface area contributed by atoms with E-state index in [1.165, 1.54) is 35.4 Å². The van der Waals surface area contributed by atoms with Crippen LogP contribution in [0.4, 0.5) is 0 Å². The fraction of sp³-hybridized carbons (Fsp3) is 0.750. The van der Waals surface area contributed by atoms with Crippen molar-refractivity contribution in [2.75, 3.05) is 5.75 Å². The zero-order valence-corrected chi connectivity index (χ0v) is 12.7. The van der Waals surface area contributed by atoms with E-state index in [1.54, 1.807) is 27.5 Å². The van der Waals surface area contributed by atoms with Crippen molar-refractivity contribution in [3.8, 4) is 0 Å². The van der Waals surface area contributed by atoms with Gasteiger partial charge in [-0.25, -0.2) is 0 Å². The normalized spacial score (nSPS) is 12.4. The summed E-state index contributed by atoms with van der Waals surface area (Å²) in [6, 6.07) is 0. The molecule has 0 heterocycles. The number of thiocarbonyl (C=S) groups is 1. The number of carboxylic acids is 1. The Balaban J connectivity index is 3.45. The highest BCUT2D eigenvalue weighted by molar-refractivity contribution is 9.14. The number of aliphatic carboxylic acids is 1. The Morgan fingerprint density at radius 1 is 1.53 bits per heavy atom. The molecule has 0 amide bonds. The van der Waals surface area contributed by atoms with Crippen LogP contribution in [0.5, 0.6) is 0 Å². The fourth-order valence-electron chi connectivity index (χ4n) is 0.504. The number of hydrogen-bond acceptors (Lipinski definition) is 6. The van der Waals surface area contributed by atoms with E-state index >= 15 is 0 Å². The van der Waals surface area contributed by atoms with E-state index in [0.717, 1.165) is 5.75 Å². The van der Waals surface area contributed by atoms with Crippen LogP contribution in [-0.2, 0) is 4.79 Å². The highest BCUT2D eigenvalue weighted by Crippen LogP contribution is 2.39. The van der Waals surface area contributed by atoms with Crippen LogP contribution < -0.4 is 0 Å². The van der Waals surface area contributed by atoms with Gasteiger partial charge in [0.15, 0.2) is 0 Å². The van der Waals surface area contributed by atoms with E-state index in [2.05, 4.69) is 6.92 Å². The molecule has 1 atom stereocenters. The van der Waals surface area contributed by atoms with Gasteiger partial charge in [-0.05, 0) is 34.0 Å². The molecule has 0 fully saturated rings.